The third kappa shape index (κ3) is 2.60. The van der Waals surface area contributed by atoms with Crippen LogP contribution in [0.5, 0.6) is 0 Å². The Hall–Kier alpha value is -1.92. The highest BCUT2D eigenvalue weighted by Crippen LogP contribution is 2.29. The second-order valence-corrected chi connectivity index (χ2v) is 7.49. The number of sulfonamides is 1. The van der Waals surface area contributed by atoms with Gasteiger partial charge in [-0.05, 0) is 30.7 Å². The number of likely N-dealkylation sites (N-methyl/N-ethyl adjacent to an activating group) is 1. The van der Waals surface area contributed by atoms with Crippen LogP contribution in [-0.4, -0.2) is 37.3 Å². The molecule has 0 aliphatic carbocycles. The van der Waals surface area contributed by atoms with Gasteiger partial charge >= 0.3 is 0 Å². The van der Waals surface area contributed by atoms with E-state index in [4.69, 9.17) is 0 Å². The minimum absolute atomic E-state index is 0.123. The van der Waals surface area contributed by atoms with Gasteiger partial charge in [0.05, 0.1) is 0 Å². The smallest absolute Gasteiger partial charge is 0.245 e. The second kappa shape index (κ2) is 5.70. The third-order valence-corrected chi connectivity index (χ3v) is 5.94. The van der Waals surface area contributed by atoms with Crippen molar-refractivity contribution >= 4 is 15.7 Å². The van der Waals surface area contributed by atoms with Crippen LogP contribution in [0.2, 0.25) is 0 Å². The molecule has 0 bridgehead atoms. The van der Waals surface area contributed by atoms with Crippen LogP contribution in [0.1, 0.15) is 12.5 Å². The predicted molar refractivity (Wildman–Crippen MR) is 86.1 cm³/mol. The van der Waals surface area contributed by atoms with Gasteiger partial charge in [-0.25, -0.2) is 8.42 Å². The molecule has 1 aromatic carbocycles. The molecule has 0 spiro atoms. The third-order valence-electron chi connectivity index (χ3n) is 4.00. The molecule has 5 nitrogen and oxygen atoms in total. The fraction of sp³-hybridized carbons (Fsp3) is 0.312. The van der Waals surface area contributed by atoms with Gasteiger partial charge in [-0.3, -0.25) is 4.98 Å². The summed E-state index contributed by atoms with van der Waals surface area (Å²) in [5.41, 5.74) is 2.10. The summed E-state index contributed by atoms with van der Waals surface area (Å²) in [4.78, 5) is 6.29. The van der Waals surface area contributed by atoms with Crippen LogP contribution >= 0.6 is 0 Å². The minimum Gasteiger partial charge on any atom is -0.373 e. The molecule has 0 radical (unpaired) electrons. The number of fused-ring (bicyclic) bond motifs is 1. The summed E-state index contributed by atoms with van der Waals surface area (Å²) in [7, 11) is -1.56. The molecule has 0 saturated heterocycles. The lowest BCUT2D eigenvalue weighted by molar-refractivity contribution is 0.340. The highest BCUT2D eigenvalue weighted by atomic mass is 32.2. The fourth-order valence-electron chi connectivity index (χ4n) is 2.88. The molecule has 2 aromatic rings. The lowest BCUT2D eigenvalue weighted by Gasteiger charge is -2.27. The zero-order chi connectivity index (χ0) is 15.7. The molecule has 0 saturated carbocycles. The van der Waals surface area contributed by atoms with E-state index in [1.807, 2.05) is 38.2 Å². The Bertz CT molecular complexity index is 762. The highest BCUT2D eigenvalue weighted by Gasteiger charge is 2.33. The molecule has 1 aromatic heterocycles. The summed E-state index contributed by atoms with van der Waals surface area (Å²) >= 11 is 0. The van der Waals surface area contributed by atoms with Crippen molar-refractivity contribution in [2.75, 3.05) is 18.5 Å². The van der Waals surface area contributed by atoms with E-state index in [1.54, 1.807) is 22.6 Å². The van der Waals surface area contributed by atoms with Crippen molar-refractivity contribution in [3.8, 4) is 0 Å². The van der Waals surface area contributed by atoms with Crippen LogP contribution in [0.15, 0.2) is 53.7 Å². The molecule has 1 aliphatic heterocycles. The number of nitrogens with zero attached hydrogens (tertiary/aromatic N) is 3. The van der Waals surface area contributed by atoms with Crippen molar-refractivity contribution in [2.45, 2.75) is 24.4 Å². The van der Waals surface area contributed by atoms with Crippen molar-refractivity contribution in [3.63, 3.8) is 0 Å². The lowest BCUT2D eigenvalue weighted by atomic mass is 10.1. The summed E-state index contributed by atoms with van der Waals surface area (Å²) < 4.78 is 27.4. The van der Waals surface area contributed by atoms with Gasteiger partial charge in [0, 0.05) is 44.3 Å². The summed E-state index contributed by atoms with van der Waals surface area (Å²) in [5.74, 6) is 0. The Morgan fingerprint density at radius 2 is 1.95 bits per heavy atom. The van der Waals surface area contributed by atoms with Crippen LogP contribution in [0, 0.1) is 0 Å². The van der Waals surface area contributed by atoms with Gasteiger partial charge in [0.2, 0.25) is 10.0 Å². The largest absolute Gasteiger partial charge is 0.373 e. The number of para-hydroxylation sites is 1. The summed E-state index contributed by atoms with van der Waals surface area (Å²) in [6, 6.07) is 11.0. The maximum Gasteiger partial charge on any atom is 0.245 e. The van der Waals surface area contributed by atoms with Gasteiger partial charge in [0.15, 0.2) is 0 Å². The number of rotatable bonds is 2. The van der Waals surface area contributed by atoms with E-state index in [2.05, 4.69) is 9.88 Å². The number of hydrogen-bond acceptors (Lipinski definition) is 4. The Morgan fingerprint density at radius 3 is 2.68 bits per heavy atom. The van der Waals surface area contributed by atoms with E-state index in [-0.39, 0.29) is 10.9 Å². The van der Waals surface area contributed by atoms with Crippen LogP contribution in [0.4, 0.5) is 5.69 Å². The van der Waals surface area contributed by atoms with Crippen LogP contribution in [-0.2, 0) is 16.6 Å². The van der Waals surface area contributed by atoms with Crippen molar-refractivity contribution in [2.24, 2.45) is 0 Å². The average Bonchev–Trinajstić information content (AvgIpc) is 2.65. The van der Waals surface area contributed by atoms with Crippen LogP contribution in [0.25, 0.3) is 0 Å². The second-order valence-electron chi connectivity index (χ2n) is 5.60. The van der Waals surface area contributed by atoms with E-state index in [9.17, 15) is 8.42 Å². The zero-order valence-electron chi connectivity index (χ0n) is 12.7. The fourth-order valence-corrected chi connectivity index (χ4v) is 4.45. The number of pyridine rings is 1. The molecule has 2 heterocycles. The zero-order valence-corrected chi connectivity index (χ0v) is 13.5. The topological polar surface area (TPSA) is 53.5 Å². The average molecular weight is 317 g/mol. The van der Waals surface area contributed by atoms with E-state index in [0.717, 1.165) is 11.3 Å². The normalized spacial score (nSPS) is 19.5. The molecule has 0 N–H and O–H groups in total. The molecule has 22 heavy (non-hydrogen) atoms. The molecule has 3 rings (SSSR count). The lowest BCUT2D eigenvalue weighted by Crippen LogP contribution is -2.41. The maximum absolute atomic E-state index is 12.9. The van der Waals surface area contributed by atoms with E-state index in [1.165, 1.54) is 6.20 Å². The Kier molecular flexibility index (Phi) is 3.88. The van der Waals surface area contributed by atoms with Crippen molar-refractivity contribution < 1.29 is 8.42 Å². The van der Waals surface area contributed by atoms with E-state index >= 15 is 0 Å². The Balaban J connectivity index is 2.04. The molecular weight excluding hydrogens is 298 g/mol. The van der Waals surface area contributed by atoms with Crippen molar-refractivity contribution in [3.05, 3.63) is 54.4 Å². The monoisotopic (exact) mass is 317 g/mol. The molecule has 0 amide bonds. The van der Waals surface area contributed by atoms with Crippen molar-refractivity contribution in [1.82, 2.24) is 9.29 Å². The van der Waals surface area contributed by atoms with Gasteiger partial charge in [-0.15, -0.1) is 0 Å². The number of aromatic nitrogens is 1. The standard InChI is InChI=1S/C16H19N3O2S/c1-13-11-18(2)16-8-4-3-6-14(16)12-19(13)22(20,21)15-7-5-9-17-10-15/h3-10,13H,11-12H2,1-2H3/t13-/m1/s1. The van der Waals surface area contributed by atoms with Gasteiger partial charge < -0.3 is 4.90 Å². The Morgan fingerprint density at radius 1 is 1.18 bits per heavy atom. The molecule has 0 unspecified atom stereocenters. The van der Waals surface area contributed by atoms with E-state index in [0.29, 0.717) is 13.1 Å². The quantitative estimate of drug-likeness (QED) is 0.851. The van der Waals surface area contributed by atoms with Gasteiger partial charge in [-0.2, -0.15) is 4.31 Å². The summed E-state index contributed by atoms with van der Waals surface area (Å²) in [6.45, 7) is 2.96. The molecule has 6 heteroatoms. The predicted octanol–water partition coefficient (Wildman–Crippen LogP) is 2.11. The van der Waals surface area contributed by atoms with Crippen LogP contribution < -0.4 is 4.90 Å². The van der Waals surface area contributed by atoms with Gasteiger partial charge in [0.25, 0.3) is 0 Å². The van der Waals surface area contributed by atoms with Gasteiger partial charge in [-0.1, -0.05) is 18.2 Å². The number of anilines is 1. The molecule has 116 valence electrons. The van der Waals surface area contributed by atoms with Gasteiger partial charge in [0.1, 0.15) is 4.90 Å². The number of hydrogen-bond donors (Lipinski definition) is 0. The summed E-state index contributed by atoms with van der Waals surface area (Å²) in [6.07, 6.45) is 2.98. The first-order chi connectivity index (χ1) is 10.5. The SMILES string of the molecule is C[C@@H]1CN(C)c2ccccc2CN1S(=O)(=O)c1cccnc1. The maximum atomic E-state index is 12.9. The molecular formula is C16H19N3O2S. The molecule has 1 atom stereocenters. The Labute approximate surface area is 131 Å². The highest BCUT2D eigenvalue weighted by molar-refractivity contribution is 7.89. The van der Waals surface area contributed by atoms with Crippen LogP contribution in [0.3, 0.4) is 0 Å². The first kappa shape index (κ1) is 15.0. The van der Waals surface area contributed by atoms with Crippen molar-refractivity contribution in [1.29, 1.82) is 0 Å². The first-order valence-electron chi connectivity index (χ1n) is 7.21. The van der Waals surface area contributed by atoms with E-state index < -0.39 is 10.0 Å². The molecule has 0 fully saturated rings. The minimum atomic E-state index is -3.56. The first-order valence-corrected chi connectivity index (χ1v) is 8.65. The molecule has 1 aliphatic rings. The number of benzene rings is 1. The summed E-state index contributed by atoms with van der Waals surface area (Å²) in [5, 5.41) is 0.